The highest BCUT2D eigenvalue weighted by atomic mass is 16.1. The van der Waals surface area contributed by atoms with Crippen LogP contribution in [0.1, 0.15) is 29.6 Å². The molecule has 2 aliphatic rings. The lowest BCUT2D eigenvalue weighted by molar-refractivity contribution is 0.0913. The lowest BCUT2D eigenvalue weighted by atomic mass is 9.79. The van der Waals surface area contributed by atoms with Crippen LogP contribution in [0.25, 0.3) is 0 Å². The number of nitrogens with zero attached hydrogens (tertiary/aromatic N) is 1. The number of benzene rings is 1. The molecule has 0 bridgehead atoms. The quantitative estimate of drug-likeness (QED) is 0.892. The molecule has 1 amide bonds. The molecule has 1 aromatic carbocycles. The average molecular weight is 287 g/mol. The fourth-order valence-electron chi connectivity index (χ4n) is 3.62. The summed E-state index contributed by atoms with van der Waals surface area (Å²) in [4.78, 5) is 14.5. The van der Waals surface area contributed by atoms with Crippen molar-refractivity contribution in [3.8, 4) is 0 Å². The summed E-state index contributed by atoms with van der Waals surface area (Å²) in [5.41, 5.74) is 1.82. The molecule has 21 heavy (non-hydrogen) atoms. The zero-order valence-electron chi connectivity index (χ0n) is 12.9. The van der Waals surface area contributed by atoms with E-state index >= 15 is 0 Å². The van der Waals surface area contributed by atoms with E-state index < -0.39 is 0 Å². The summed E-state index contributed by atoms with van der Waals surface area (Å²) in [6.45, 7) is 2.28. The van der Waals surface area contributed by atoms with Crippen LogP contribution in [0.4, 0.5) is 5.69 Å². The average Bonchev–Trinajstić information content (AvgIpc) is 2.95. The van der Waals surface area contributed by atoms with Crippen molar-refractivity contribution in [2.45, 2.75) is 25.3 Å². The zero-order valence-corrected chi connectivity index (χ0v) is 12.9. The topological polar surface area (TPSA) is 44.4 Å². The van der Waals surface area contributed by atoms with Crippen LogP contribution in [0.2, 0.25) is 0 Å². The Hall–Kier alpha value is -1.55. The van der Waals surface area contributed by atoms with Gasteiger partial charge in [-0.3, -0.25) is 4.79 Å². The van der Waals surface area contributed by atoms with Crippen molar-refractivity contribution in [1.29, 1.82) is 0 Å². The molecule has 1 aliphatic heterocycles. The van der Waals surface area contributed by atoms with Crippen molar-refractivity contribution in [2.75, 3.05) is 32.1 Å². The fourth-order valence-corrected chi connectivity index (χ4v) is 3.62. The van der Waals surface area contributed by atoms with Crippen LogP contribution in [-0.2, 0) is 0 Å². The fraction of sp³-hybridized carbons (Fsp3) is 0.588. The maximum absolute atomic E-state index is 12.4. The van der Waals surface area contributed by atoms with Crippen LogP contribution in [0.5, 0.6) is 0 Å². The van der Waals surface area contributed by atoms with Gasteiger partial charge in [0.2, 0.25) is 0 Å². The van der Waals surface area contributed by atoms with Gasteiger partial charge in [0.15, 0.2) is 0 Å². The van der Waals surface area contributed by atoms with Gasteiger partial charge in [0.05, 0.1) is 0 Å². The summed E-state index contributed by atoms with van der Waals surface area (Å²) in [6.07, 6.45) is 3.47. The first-order valence-corrected chi connectivity index (χ1v) is 7.92. The molecular formula is C17H25N3O. The second-order valence-electron chi connectivity index (χ2n) is 6.61. The number of fused-ring (bicyclic) bond motifs is 1. The maximum Gasteiger partial charge on any atom is 0.251 e. The van der Waals surface area contributed by atoms with E-state index in [0.717, 1.165) is 49.0 Å². The Morgan fingerprint density at radius 1 is 1.24 bits per heavy atom. The smallest absolute Gasteiger partial charge is 0.251 e. The van der Waals surface area contributed by atoms with Crippen LogP contribution in [0.3, 0.4) is 0 Å². The van der Waals surface area contributed by atoms with Gasteiger partial charge in [-0.1, -0.05) is 6.07 Å². The summed E-state index contributed by atoms with van der Waals surface area (Å²) >= 11 is 0. The number of carbonyl (C=O) groups excluding carboxylic acids is 1. The molecule has 1 saturated carbocycles. The molecule has 0 radical (unpaired) electrons. The van der Waals surface area contributed by atoms with E-state index in [1.807, 2.05) is 43.3 Å². The molecular weight excluding hydrogens is 262 g/mol. The minimum Gasteiger partial charge on any atom is -0.378 e. The second-order valence-corrected chi connectivity index (χ2v) is 6.61. The molecule has 3 rings (SSSR count). The third kappa shape index (κ3) is 3.21. The summed E-state index contributed by atoms with van der Waals surface area (Å²) in [5.74, 6) is 1.64. The highest BCUT2D eigenvalue weighted by Crippen LogP contribution is 2.32. The first kappa shape index (κ1) is 14.4. The van der Waals surface area contributed by atoms with Crippen LogP contribution in [0, 0.1) is 11.8 Å². The van der Waals surface area contributed by atoms with Crippen molar-refractivity contribution in [3.63, 3.8) is 0 Å². The molecule has 1 heterocycles. The standard InChI is InChI=1S/C17H25N3O/c1-20(2)16-5-3-4-12(9-16)17(21)19-15-7-6-13-10-18-11-14(13)8-15/h3-5,9,13-15,18H,6-8,10-11H2,1-2H3,(H,19,21)/t13-,14+,15?/m0/s1. The van der Waals surface area contributed by atoms with E-state index in [0.29, 0.717) is 6.04 Å². The van der Waals surface area contributed by atoms with E-state index in [1.165, 1.54) is 6.42 Å². The number of hydrogen-bond acceptors (Lipinski definition) is 3. The van der Waals surface area contributed by atoms with Gasteiger partial charge in [-0.25, -0.2) is 0 Å². The summed E-state index contributed by atoms with van der Waals surface area (Å²) in [7, 11) is 3.98. The molecule has 2 N–H and O–H groups in total. The third-order valence-corrected chi connectivity index (χ3v) is 4.91. The van der Waals surface area contributed by atoms with E-state index in [-0.39, 0.29) is 5.91 Å². The normalized spacial score (nSPS) is 28.0. The van der Waals surface area contributed by atoms with Crippen molar-refractivity contribution < 1.29 is 4.79 Å². The Morgan fingerprint density at radius 2 is 2.05 bits per heavy atom. The number of rotatable bonds is 3. The summed E-state index contributed by atoms with van der Waals surface area (Å²) < 4.78 is 0. The Morgan fingerprint density at radius 3 is 2.86 bits per heavy atom. The van der Waals surface area contributed by atoms with Gasteiger partial charge in [-0.05, 0) is 62.4 Å². The van der Waals surface area contributed by atoms with Crippen LogP contribution < -0.4 is 15.5 Å². The first-order chi connectivity index (χ1) is 10.1. The first-order valence-electron chi connectivity index (χ1n) is 7.92. The number of amides is 1. The van der Waals surface area contributed by atoms with Crippen molar-refractivity contribution >= 4 is 11.6 Å². The van der Waals surface area contributed by atoms with E-state index in [9.17, 15) is 4.79 Å². The minimum atomic E-state index is 0.0631. The van der Waals surface area contributed by atoms with Gasteiger partial charge in [-0.15, -0.1) is 0 Å². The molecule has 0 spiro atoms. The van der Waals surface area contributed by atoms with Gasteiger partial charge in [0, 0.05) is 31.4 Å². The van der Waals surface area contributed by atoms with Gasteiger partial charge in [0.25, 0.3) is 5.91 Å². The Kier molecular flexibility index (Phi) is 4.15. The van der Waals surface area contributed by atoms with Crippen LogP contribution >= 0.6 is 0 Å². The van der Waals surface area contributed by atoms with E-state index in [1.54, 1.807) is 0 Å². The highest BCUT2D eigenvalue weighted by molar-refractivity contribution is 5.95. The molecule has 4 nitrogen and oxygen atoms in total. The molecule has 2 fully saturated rings. The molecule has 0 aromatic heterocycles. The molecule has 1 saturated heterocycles. The number of hydrogen-bond donors (Lipinski definition) is 2. The number of nitrogens with one attached hydrogen (secondary N) is 2. The van der Waals surface area contributed by atoms with Gasteiger partial charge in [-0.2, -0.15) is 0 Å². The molecule has 114 valence electrons. The molecule has 1 aliphatic carbocycles. The Bertz CT molecular complexity index is 515. The SMILES string of the molecule is CN(C)c1cccc(C(=O)NC2CC[C@H]3CNC[C@H]3C2)c1. The minimum absolute atomic E-state index is 0.0631. The lowest BCUT2D eigenvalue weighted by Gasteiger charge is -2.31. The van der Waals surface area contributed by atoms with Crippen LogP contribution in [-0.4, -0.2) is 39.1 Å². The summed E-state index contributed by atoms with van der Waals surface area (Å²) in [5, 5.41) is 6.70. The van der Waals surface area contributed by atoms with E-state index in [4.69, 9.17) is 0 Å². The van der Waals surface area contributed by atoms with Crippen molar-refractivity contribution in [1.82, 2.24) is 10.6 Å². The van der Waals surface area contributed by atoms with Gasteiger partial charge in [0.1, 0.15) is 0 Å². The number of anilines is 1. The maximum atomic E-state index is 12.4. The van der Waals surface area contributed by atoms with E-state index in [2.05, 4.69) is 10.6 Å². The Balaban J connectivity index is 1.62. The van der Waals surface area contributed by atoms with Crippen molar-refractivity contribution in [3.05, 3.63) is 29.8 Å². The molecule has 4 heteroatoms. The molecule has 3 atom stereocenters. The van der Waals surface area contributed by atoms with Gasteiger partial charge >= 0.3 is 0 Å². The molecule has 1 aromatic rings. The van der Waals surface area contributed by atoms with Crippen molar-refractivity contribution in [2.24, 2.45) is 11.8 Å². The predicted molar refractivity (Wildman–Crippen MR) is 85.7 cm³/mol. The van der Waals surface area contributed by atoms with Crippen LogP contribution in [0.15, 0.2) is 24.3 Å². The Labute approximate surface area is 126 Å². The zero-order chi connectivity index (χ0) is 14.8. The lowest BCUT2D eigenvalue weighted by Crippen LogP contribution is -2.40. The number of carbonyl (C=O) groups is 1. The monoisotopic (exact) mass is 287 g/mol. The largest absolute Gasteiger partial charge is 0.378 e. The predicted octanol–water partition coefficient (Wildman–Crippen LogP) is 1.87. The summed E-state index contributed by atoms with van der Waals surface area (Å²) in [6, 6.07) is 8.15. The van der Waals surface area contributed by atoms with Gasteiger partial charge < -0.3 is 15.5 Å². The second kappa shape index (κ2) is 6.06. The third-order valence-electron chi connectivity index (χ3n) is 4.91. The molecule has 1 unspecified atom stereocenters. The highest BCUT2D eigenvalue weighted by Gasteiger charge is 2.34.